The Morgan fingerprint density at radius 1 is 1.25 bits per heavy atom. The smallest absolute Gasteiger partial charge is 0.362 e. The Kier molecular flexibility index (Phi) is 4.61. The van der Waals surface area contributed by atoms with Gasteiger partial charge in [0.25, 0.3) is 0 Å². The molecular weight excluding hydrogens is 325 g/mol. The number of alkyl halides is 3. The van der Waals surface area contributed by atoms with Gasteiger partial charge in [0, 0.05) is 19.4 Å². The van der Waals surface area contributed by atoms with Crippen molar-refractivity contribution in [2.24, 2.45) is 0 Å². The van der Waals surface area contributed by atoms with E-state index < -0.39 is 31.1 Å². The number of halogens is 3. The molecule has 1 heterocycles. The summed E-state index contributed by atoms with van der Waals surface area (Å²) >= 11 is 0. The molecule has 20 heavy (non-hydrogen) atoms. The van der Waals surface area contributed by atoms with Gasteiger partial charge in [0.15, 0.2) is 5.37 Å². The quantitative estimate of drug-likeness (QED) is 0.679. The van der Waals surface area contributed by atoms with Gasteiger partial charge in [-0.1, -0.05) is 6.92 Å². The second-order valence-corrected chi connectivity index (χ2v) is 7.48. The number of hydrogen-bond donors (Lipinski definition) is 0. The zero-order valence-electron chi connectivity index (χ0n) is 10.5. The van der Waals surface area contributed by atoms with Gasteiger partial charge in [0.05, 0.1) is 6.67 Å². The maximum atomic E-state index is 12.2. The minimum atomic E-state index is -6.21. The van der Waals surface area contributed by atoms with E-state index in [2.05, 4.69) is 3.63 Å². The SMILES string of the molecule is CCC(N1C=CN(C)C1)S(=O)(=O)OS(=O)(=O)C(F)(F)F. The van der Waals surface area contributed by atoms with Crippen LogP contribution in [0.2, 0.25) is 0 Å². The van der Waals surface area contributed by atoms with Gasteiger partial charge in [0.2, 0.25) is 0 Å². The lowest BCUT2D eigenvalue weighted by atomic mass is 10.4. The second kappa shape index (κ2) is 5.41. The molecule has 118 valence electrons. The van der Waals surface area contributed by atoms with Crippen LogP contribution in [-0.4, -0.2) is 51.2 Å². The molecule has 0 radical (unpaired) electrons. The van der Waals surface area contributed by atoms with Crippen LogP contribution in [0.25, 0.3) is 0 Å². The fourth-order valence-electron chi connectivity index (χ4n) is 1.55. The average Bonchev–Trinajstić information content (AvgIpc) is 2.61. The summed E-state index contributed by atoms with van der Waals surface area (Å²) in [6.45, 7) is 1.48. The summed E-state index contributed by atoms with van der Waals surface area (Å²) in [6, 6.07) is 0. The summed E-state index contributed by atoms with van der Waals surface area (Å²) in [7, 11) is -9.57. The molecule has 0 aromatic rings. The number of rotatable bonds is 5. The first-order valence-corrected chi connectivity index (χ1v) is 8.19. The third-order valence-electron chi connectivity index (χ3n) is 2.42. The highest BCUT2D eigenvalue weighted by molar-refractivity contribution is 8.00. The van der Waals surface area contributed by atoms with Crippen molar-refractivity contribution in [3.63, 3.8) is 0 Å². The molecule has 0 aromatic carbocycles. The van der Waals surface area contributed by atoms with Crippen LogP contribution in [-0.2, 0) is 23.9 Å². The molecule has 0 aliphatic carbocycles. The minimum absolute atomic E-state index is 0.0904. The zero-order chi connectivity index (χ0) is 15.8. The maximum absolute atomic E-state index is 12.2. The van der Waals surface area contributed by atoms with E-state index in [0.717, 1.165) is 0 Å². The average molecular weight is 338 g/mol. The summed E-state index contributed by atoms with van der Waals surface area (Å²) in [5.41, 5.74) is -5.80. The molecule has 1 aliphatic heterocycles. The molecule has 12 heteroatoms. The fraction of sp³-hybridized carbons (Fsp3) is 0.750. The number of nitrogens with zero attached hydrogens (tertiary/aromatic N) is 2. The summed E-state index contributed by atoms with van der Waals surface area (Å²) in [4.78, 5) is 2.73. The van der Waals surface area contributed by atoms with E-state index in [9.17, 15) is 30.0 Å². The molecule has 1 atom stereocenters. The largest absolute Gasteiger partial charge is 0.524 e. The van der Waals surface area contributed by atoms with Crippen molar-refractivity contribution in [1.82, 2.24) is 9.80 Å². The van der Waals surface area contributed by atoms with Crippen LogP contribution in [0.3, 0.4) is 0 Å². The normalized spacial score (nSPS) is 18.6. The standard InChI is InChI=1S/C8H13F3N2O5S2/c1-3-7(13-5-4-12(2)6-13)19(14,15)18-20(16,17)8(9,10)11/h4-5,7H,3,6H2,1-2H3. The highest BCUT2D eigenvalue weighted by atomic mass is 32.3. The predicted molar refractivity (Wildman–Crippen MR) is 62.7 cm³/mol. The lowest BCUT2D eigenvalue weighted by Gasteiger charge is -2.26. The predicted octanol–water partition coefficient (Wildman–Crippen LogP) is 0.595. The molecule has 0 amide bonds. The first-order chi connectivity index (χ1) is 8.90. The molecule has 1 aliphatic rings. The molecule has 0 fully saturated rings. The van der Waals surface area contributed by atoms with E-state index in [1.54, 1.807) is 11.9 Å². The van der Waals surface area contributed by atoms with Gasteiger partial charge in [-0.15, -0.1) is 3.63 Å². The Balaban J connectivity index is 3.01. The topological polar surface area (TPSA) is 84.0 Å². The molecule has 1 rings (SSSR count). The lowest BCUT2D eigenvalue weighted by molar-refractivity contribution is -0.0499. The molecule has 0 saturated carbocycles. The van der Waals surface area contributed by atoms with E-state index in [0.29, 0.717) is 0 Å². The maximum Gasteiger partial charge on any atom is 0.524 e. The molecule has 0 aromatic heterocycles. The van der Waals surface area contributed by atoms with Gasteiger partial charge in [0.1, 0.15) is 0 Å². The lowest BCUT2D eigenvalue weighted by Crippen LogP contribution is -2.41. The van der Waals surface area contributed by atoms with Crippen molar-refractivity contribution >= 4 is 20.2 Å². The number of hydrogen-bond acceptors (Lipinski definition) is 7. The summed E-state index contributed by atoms with van der Waals surface area (Å²) in [6.07, 6.45) is 2.68. The van der Waals surface area contributed by atoms with E-state index in [4.69, 9.17) is 0 Å². The monoisotopic (exact) mass is 338 g/mol. The zero-order valence-corrected chi connectivity index (χ0v) is 12.2. The fourth-order valence-corrected chi connectivity index (χ4v) is 4.10. The van der Waals surface area contributed by atoms with Gasteiger partial charge in [-0.2, -0.15) is 30.0 Å². The molecule has 7 nitrogen and oxygen atoms in total. The highest BCUT2D eigenvalue weighted by Gasteiger charge is 2.51. The summed E-state index contributed by atoms with van der Waals surface area (Å²) in [5, 5.41) is -1.53. The third-order valence-corrected chi connectivity index (χ3v) is 5.73. The van der Waals surface area contributed by atoms with Crippen LogP contribution in [0.15, 0.2) is 12.4 Å². The Labute approximate surface area is 114 Å². The van der Waals surface area contributed by atoms with Gasteiger partial charge < -0.3 is 9.80 Å². The molecule has 0 N–H and O–H groups in total. The second-order valence-electron chi connectivity index (χ2n) is 4.03. The first-order valence-electron chi connectivity index (χ1n) is 5.31. The summed E-state index contributed by atoms with van der Waals surface area (Å²) < 4.78 is 84.9. The van der Waals surface area contributed by atoms with Crippen molar-refractivity contribution in [3.8, 4) is 0 Å². The van der Waals surface area contributed by atoms with Crippen molar-refractivity contribution in [1.29, 1.82) is 0 Å². The van der Waals surface area contributed by atoms with E-state index in [-0.39, 0.29) is 13.1 Å². The molecule has 0 spiro atoms. The van der Waals surface area contributed by atoms with Gasteiger partial charge in [-0.3, -0.25) is 0 Å². The van der Waals surface area contributed by atoms with E-state index in [1.165, 1.54) is 24.2 Å². The first kappa shape index (κ1) is 17.0. The highest BCUT2D eigenvalue weighted by Crippen LogP contribution is 2.28. The van der Waals surface area contributed by atoms with Crippen molar-refractivity contribution in [2.45, 2.75) is 24.2 Å². The van der Waals surface area contributed by atoms with Crippen LogP contribution < -0.4 is 0 Å². The molecule has 0 saturated heterocycles. The Morgan fingerprint density at radius 2 is 1.80 bits per heavy atom. The van der Waals surface area contributed by atoms with Crippen molar-refractivity contribution in [2.75, 3.05) is 13.7 Å². The molecule has 0 bridgehead atoms. The van der Waals surface area contributed by atoms with Gasteiger partial charge in [-0.25, -0.2) is 0 Å². The van der Waals surface area contributed by atoms with Crippen LogP contribution in [0.5, 0.6) is 0 Å². The minimum Gasteiger partial charge on any atom is -0.362 e. The molecule has 1 unspecified atom stereocenters. The molecular formula is C8H13F3N2O5S2. The van der Waals surface area contributed by atoms with Crippen LogP contribution in [0, 0.1) is 0 Å². The van der Waals surface area contributed by atoms with E-state index in [1.807, 2.05) is 0 Å². The van der Waals surface area contributed by atoms with Crippen LogP contribution in [0.4, 0.5) is 13.2 Å². The summed E-state index contributed by atoms with van der Waals surface area (Å²) in [5.74, 6) is 0. The Hall–Kier alpha value is -1.01. The van der Waals surface area contributed by atoms with Crippen LogP contribution in [0.1, 0.15) is 13.3 Å². The Bertz CT molecular complexity index is 584. The van der Waals surface area contributed by atoms with Crippen molar-refractivity contribution in [3.05, 3.63) is 12.4 Å². The van der Waals surface area contributed by atoms with Gasteiger partial charge in [-0.05, 0) is 6.42 Å². The Morgan fingerprint density at radius 3 is 2.15 bits per heavy atom. The van der Waals surface area contributed by atoms with Gasteiger partial charge >= 0.3 is 25.7 Å². The van der Waals surface area contributed by atoms with E-state index >= 15 is 0 Å². The van der Waals surface area contributed by atoms with Crippen molar-refractivity contribution < 1.29 is 33.6 Å². The van der Waals surface area contributed by atoms with Crippen LogP contribution >= 0.6 is 0 Å². The third kappa shape index (κ3) is 3.55.